The Balaban J connectivity index is 1.58. The molecule has 9 heteroatoms. The highest BCUT2D eigenvalue weighted by molar-refractivity contribution is 7.92. The molecular formula is C28H33N3O4S2. The lowest BCUT2D eigenvalue weighted by Gasteiger charge is -2.14. The summed E-state index contributed by atoms with van der Waals surface area (Å²) in [7, 11) is -3.76. The van der Waals surface area contributed by atoms with Gasteiger partial charge in [0.2, 0.25) is 0 Å². The van der Waals surface area contributed by atoms with Crippen molar-refractivity contribution in [3.05, 3.63) is 83.4 Å². The average molecular weight is 540 g/mol. The van der Waals surface area contributed by atoms with Gasteiger partial charge in [-0.1, -0.05) is 44.4 Å². The molecule has 0 unspecified atom stereocenters. The van der Waals surface area contributed by atoms with Crippen LogP contribution in [0.15, 0.2) is 71.6 Å². The first-order valence-corrected chi connectivity index (χ1v) is 14.1. The number of amides is 1. The van der Waals surface area contributed by atoms with Crippen molar-refractivity contribution in [1.29, 1.82) is 0 Å². The molecule has 0 bridgehead atoms. The Morgan fingerprint density at radius 1 is 0.892 bits per heavy atom. The van der Waals surface area contributed by atoms with Crippen molar-refractivity contribution in [2.24, 2.45) is 0 Å². The van der Waals surface area contributed by atoms with Crippen LogP contribution < -0.4 is 20.1 Å². The number of ether oxygens (including phenoxy) is 1. The predicted molar refractivity (Wildman–Crippen MR) is 153 cm³/mol. The van der Waals surface area contributed by atoms with Gasteiger partial charge < -0.3 is 10.1 Å². The highest BCUT2D eigenvalue weighted by Gasteiger charge is 2.16. The van der Waals surface area contributed by atoms with Gasteiger partial charge in [-0.25, -0.2) is 8.42 Å². The number of nitrogens with one attached hydrogen (secondary N) is 3. The second-order valence-corrected chi connectivity index (χ2v) is 10.9. The standard InChI is InChI=1S/C28H33N3O4S2/c1-4-5-6-9-16-35-26-11-8-7-10-25(26)27(32)30-28(36)29-22-12-14-24(15-13-22)37(33,34)31-23-18-20(2)17-21(3)19-23/h7-8,10-15,17-19,31H,4-6,9,16H2,1-3H3,(H2,29,30,32,36). The maximum absolute atomic E-state index is 12.8. The molecule has 0 aliphatic heterocycles. The number of para-hydroxylation sites is 1. The molecule has 37 heavy (non-hydrogen) atoms. The van der Waals surface area contributed by atoms with Crippen molar-refractivity contribution in [3.63, 3.8) is 0 Å². The number of hydrogen-bond acceptors (Lipinski definition) is 5. The fraction of sp³-hybridized carbons (Fsp3) is 0.286. The Kier molecular flexibility index (Phi) is 10.0. The molecule has 0 heterocycles. The minimum Gasteiger partial charge on any atom is -0.493 e. The molecule has 0 saturated heterocycles. The molecule has 0 atom stereocenters. The lowest BCUT2D eigenvalue weighted by atomic mass is 10.1. The van der Waals surface area contributed by atoms with Gasteiger partial charge in [0.15, 0.2) is 5.11 Å². The number of sulfonamides is 1. The second kappa shape index (κ2) is 13.2. The third kappa shape index (κ3) is 8.58. The number of carbonyl (C=O) groups excluding carboxylic acids is 1. The quantitative estimate of drug-likeness (QED) is 0.199. The number of thiocarbonyl (C=S) groups is 1. The highest BCUT2D eigenvalue weighted by atomic mass is 32.2. The Labute approximate surface area is 224 Å². The number of carbonyl (C=O) groups is 1. The van der Waals surface area contributed by atoms with E-state index in [2.05, 4.69) is 22.3 Å². The second-order valence-electron chi connectivity index (χ2n) is 8.82. The number of aryl methyl sites for hydroxylation is 2. The van der Waals surface area contributed by atoms with Crippen molar-refractivity contribution in [2.45, 2.75) is 51.3 Å². The Hall–Kier alpha value is -3.43. The molecule has 196 valence electrons. The summed E-state index contributed by atoms with van der Waals surface area (Å²) < 4.78 is 34.0. The maximum atomic E-state index is 12.8. The van der Waals surface area contributed by atoms with Gasteiger partial charge in [0.05, 0.1) is 17.1 Å². The third-order valence-electron chi connectivity index (χ3n) is 5.51. The first-order valence-electron chi connectivity index (χ1n) is 12.2. The van der Waals surface area contributed by atoms with E-state index in [9.17, 15) is 13.2 Å². The molecule has 0 spiro atoms. The Bertz CT molecular complexity index is 1320. The van der Waals surface area contributed by atoms with Gasteiger partial charge in [0.25, 0.3) is 15.9 Å². The van der Waals surface area contributed by atoms with Crippen LogP contribution in [0.4, 0.5) is 11.4 Å². The fourth-order valence-electron chi connectivity index (χ4n) is 3.79. The molecule has 0 radical (unpaired) electrons. The molecule has 0 fully saturated rings. The monoisotopic (exact) mass is 539 g/mol. The number of unbranched alkanes of at least 4 members (excludes halogenated alkanes) is 3. The van der Waals surface area contributed by atoms with Crippen LogP contribution in [-0.2, 0) is 10.0 Å². The van der Waals surface area contributed by atoms with E-state index in [1.807, 2.05) is 26.0 Å². The van der Waals surface area contributed by atoms with Crippen LogP contribution in [0.2, 0.25) is 0 Å². The van der Waals surface area contributed by atoms with Gasteiger partial charge >= 0.3 is 0 Å². The number of benzene rings is 3. The van der Waals surface area contributed by atoms with Crippen LogP contribution in [-0.4, -0.2) is 26.0 Å². The molecule has 1 amide bonds. The summed E-state index contributed by atoms with van der Waals surface area (Å²) in [6, 6.07) is 18.7. The zero-order valence-electron chi connectivity index (χ0n) is 21.3. The van der Waals surface area contributed by atoms with Gasteiger partial charge in [0.1, 0.15) is 5.75 Å². The van der Waals surface area contributed by atoms with E-state index in [0.29, 0.717) is 29.3 Å². The van der Waals surface area contributed by atoms with E-state index >= 15 is 0 Å². The first kappa shape index (κ1) is 28.1. The zero-order chi connectivity index (χ0) is 26.8. The van der Waals surface area contributed by atoms with Crippen molar-refractivity contribution >= 4 is 44.6 Å². The smallest absolute Gasteiger partial charge is 0.261 e. The minimum atomic E-state index is -3.76. The van der Waals surface area contributed by atoms with Gasteiger partial charge in [-0.05, 0) is 92.1 Å². The van der Waals surface area contributed by atoms with E-state index in [4.69, 9.17) is 17.0 Å². The van der Waals surface area contributed by atoms with Gasteiger partial charge in [0, 0.05) is 11.4 Å². The summed E-state index contributed by atoms with van der Waals surface area (Å²) in [4.78, 5) is 12.9. The van der Waals surface area contributed by atoms with E-state index in [1.54, 1.807) is 42.5 Å². The Morgan fingerprint density at radius 2 is 1.57 bits per heavy atom. The van der Waals surface area contributed by atoms with Crippen LogP contribution in [0.5, 0.6) is 5.75 Å². The molecule has 0 aliphatic carbocycles. The first-order chi connectivity index (χ1) is 17.7. The lowest BCUT2D eigenvalue weighted by molar-refractivity contribution is 0.0973. The molecular weight excluding hydrogens is 506 g/mol. The Morgan fingerprint density at radius 3 is 2.24 bits per heavy atom. The summed E-state index contributed by atoms with van der Waals surface area (Å²) in [5, 5.41) is 5.66. The predicted octanol–water partition coefficient (Wildman–Crippen LogP) is 6.19. The number of anilines is 2. The van der Waals surface area contributed by atoms with Crippen LogP contribution in [0.3, 0.4) is 0 Å². The minimum absolute atomic E-state index is 0.0896. The summed E-state index contributed by atoms with van der Waals surface area (Å²) >= 11 is 5.29. The maximum Gasteiger partial charge on any atom is 0.261 e. The number of hydrogen-bond donors (Lipinski definition) is 3. The van der Waals surface area contributed by atoms with Crippen LogP contribution >= 0.6 is 12.2 Å². The number of rotatable bonds is 11. The van der Waals surface area contributed by atoms with Gasteiger partial charge in [-0.15, -0.1) is 0 Å². The van der Waals surface area contributed by atoms with E-state index < -0.39 is 15.9 Å². The fourth-order valence-corrected chi connectivity index (χ4v) is 5.04. The van der Waals surface area contributed by atoms with Gasteiger partial charge in [-0.3, -0.25) is 14.8 Å². The van der Waals surface area contributed by atoms with Crippen LogP contribution in [0.25, 0.3) is 0 Å². The molecule has 0 aliphatic rings. The summed E-state index contributed by atoms with van der Waals surface area (Å²) in [6.45, 7) is 6.51. The van der Waals surface area contributed by atoms with Crippen molar-refractivity contribution in [1.82, 2.24) is 5.32 Å². The van der Waals surface area contributed by atoms with E-state index in [0.717, 1.165) is 36.8 Å². The summed E-state index contributed by atoms with van der Waals surface area (Å²) in [5.41, 5.74) is 3.37. The van der Waals surface area contributed by atoms with Crippen molar-refractivity contribution < 1.29 is 17.9 Å². The largest absolute Gasteiger partial charge is 0.493 e. The molecule has 3 N–H and O–H groups in total. The van der Waals surface area contributed by atoms with Gasteiger partial charge in [-0.2, -0.15) is 0 Å². The molecule has 3 rings (SSSR count). The normalized spacial score (nSPS) is 11.0. The average Bonchev–Trinajstić information content (AvgIpc) is 2.83. The molecule has 0 aromatic heterocycles. The lowest BCUT2D eigenvalue weighted by Crippen LogP contribution is -2.34. The molecule has 7 nitrogen and oxygen atoms in total. The van der Waals surface area contributed by atoms with Crippen LogP contribution in [0.1, 0.15) is 54.1 Å². The van der Waals surface area contributed by atoms with E-state index in [1.165, 1.54) is 12.1 Å². The summed E-state index contributed by atoms with van der Waals surface area (Å²) in [6.07, 6.45) is 4.31. The molecule has 0 saturated carbocycles. The van der Waals surface area contributed by atoms with Crippen LogP contribution in [0, 0.1) is 13.8 Å². The highest BCUT2D eigenvalue weighted by Crippen LogP contribution is 2.21. The third-order valence-corrected chi connectivity index (χ3v) is 7.11. The summed E-state index contributed by atoms with van der Waals surface area (Å²) in [5.74, 6) is 0.115. The molecule has 3 aromatic rings. The zero-order valence-corrected chi connectivity index (χ0v) is 23.0. The topological polar surface area (TPSA) is 96.5 Å². The molecule has 3 aromatic carbocycles. The SMILES string of the molecule is CCCCCCOc1ccccc1C(=O)NC(=S)Nc1ccc(S(=O)(=O)Nc2cc(C)cc(C)c2)cc1. The van der Waals surface area contributed by atoms with Crippen molar-refractivity contribution in [3.8, 4) is 5.75 Å². The van der Waals surface area contributed by atoms with E-state index in [-0.39, 0.29) is 10.0 Å². The van der Waals surface area contributed by atoms with Crippen molar-refractivity contribution in [2.75, 3.05) is 16.6 Å².